The van der Waals surface area contributed by atoms with Crippen LogP contribution in [-0.4, -0.2) is 13.7 Å². The summed E-state index contributed by atoms with van der Waals surface area (Å²) in [7, 11) is 1.45. The minimum absolute atomic E-state index is 0.212. The normalized spacial score (nSPS) is 12.2. The number of hydrogen-bond acceptors (Lipinski definition) is 2. The van der Waals surface area contributed by atoms with Crippen LogP contribution in [0.1, 0.15) is 24.1 Å². The van der Waals surface area contributed by atoms with Gasteiger partial charge in [-0.2, -0.15) is 0 Å². The van der Waals surface area contributed by atoms with Crippen molar-refractivity contribution in [2.24, 2.45) is 0 Å². The molecule has 0 fully saturated rings. The third-order valence-corrected chi connectivity index (χ3v) is 3.59. The van der Waals surface area contributed by atoms with Gasteiger partial charge in [0, 0.05) is 15.6 Å². The third-order valence-electron chi connectivity index (χ3n) is 3.15. The van der Waals surface area contributed by atoms with Gasteiger partial charge in [-0.3, -0.25) is 0 Å². The van der Waals surface area contributed by atoms with Gasteiger partial charge >= 0.3 is 0 Å². The van der Waals surface area contributed by atoms with Gasteiger partial charge in [0.2, 0.25) is 0 Å². The third kappa shape index (κ3) is 3.67. The van der Waals surface area contributed by atoms with Crippen molar-refractivity contribution in [2.45, 2.75) is 13.0 Å². The fourth-order valence-electron chi connectivity index (χ4n) is 2.26. The second-order valence-corrected chi connectivity index (χ2v) is 5.43. The molecule has 1 N–H and O–H groups in total. The van der Waals surface area contributed by atoms with Crippen LogP contribution in [0.5, 0.6) is 5.75 Å². The Morgan fingerprint density at radius 1 is 1.19 bits per heavy atom. The van der Waals surface area contributed by atoms with Crippen LogP contribution >= 0.6 is 23.2 Å². The average molecular weight is 328 g/mol. The van der Waals surface area contributed by atoms with E-state index < -0.39 is 0 Å². The molecule has 1 unspecified atom stereocenters. The lowest BCUT2D eigenvalue weighted by Crippen LogP contribution is -2.23. The molecule has 5 heteroatoms. The first-order valence-corrected chi connectivity index (χ1v) is 7.34. The van der Waals surface area contributed by atoms with Gasteiger partial charge in [-0.25, -0.2) is 4.39 Å². The van der Waals surface area contributed by atoms with Crippen molar-refractivity contribution in [3.05, 3.63) is 63.4 Å². The fraction of sp³-hybridized carbons (Fsp3) is 0.250. The molecule has 0 heterocycles. The molecule has 2 rings (SSSR count). The second kappa shape index (κ2) is 7.12. The number of rotatable bonds is 5. The molecule has 2 nitrogen and oxygen atoms in total. The number of methoxy groups -OCH3 is 1. The van der Waals surface area contributed by atoms with Gasteiger partial charge in [-0.15, -0.1) is 0 Å². The summed E-state index contributed by atoms with van der Waals surface area (Å²) in [6.45, 7) is 2.63. The standard InChI is InChI=1S/C16H16Cl2FNO/c1-3-20-16(10-7-11(17)9-12(18)8-10)13-5-4-6-14(21-2)15(13)19/h4-9,16,20H,3H2,1-2H3. The Morgan fingerprint density at radius 3 is 2.43 bits per heavy atom. The predicted octanol–water partition coefficient (Wildman–Crippen LogP) is 4.84. The summed E-state index contributed by atoms with van der Waals surface area (Å²) in [4.78, 5) is 0. The summed E-state index contributed by atoms with van der Waals surface area (Å²) in [6, 6.07) is 9.93. The van der Waals surface area contributed by atoms with E-state index in [1.807, 2.05) is 6.92 Å². The van der Waals surface area contributed by atoms with Crippen LogP contribution in [0.25, 0.3) is 0 Å². The molecule has 0 spiro atoms. The van der Waals surface area contributed by atoms with E-state index in [9.17, 15) is 4.39 Å². The average Bonchev–Trinajstić information content (AvgIpc) is 2.44. The summed E-state index contributed by atoms with van der Waals surface area (Å²) >= 11 is 12.1. The van der Waals surface area contributed by atoms with Crippen LogP contribution < -0.4 is 10.1 Å². The first kappa shape index (κ1) is 16.1. The fourth-order valence-corrected chi connectivity index (χ4v) is 2.80. The zero-order valence-corrected chi connectivity index (χ0v) is 13.3. The maximum Gasteiger partial charge on any atom is 0.170 e. The van der Waals surface area contributed by atoms with Crippen molar-refractivity contribution in [1.29, 1.82) is 0 Å². The first-order chi connectivity index (χ1) is 10.1. The number of benzene rings is 2. The highest BCUT2D eigenvalue weighted by molar-refractivity contribution is 6.34. The number of hydrogen-bond donors (Lipinski definition) is 1. The van der Waals surface area contributed by atoms with Gasteiger partial charge in [0.05, 0.1) is 13.2 Å². The molecule has 0 saturated heterocycles. The van der Waals surface area contributed by atoms with Gasteiger partial charge in [0.15, 0.2) is 11.6 Å². The maximum atomic E-state index is 14.5. The van der Waals surface area contributed by atoms with Gasteiger partial charge in [0.1, 0.15) is 0 Å². The number of nitrogens with one attached hydrogen (secondary N) is 1. The molecule has 21 heavy (non-hydrogen) atoms. The quantitative estimate of drug-likeness (QED) is 0.848. The smallest absolute Gasteiger partial charge is 0.170 e. The zero-order valence-electron chi connectivity index (χ0n) is 11.8. The molecule has 0 aliphatic heterocycles. The van der Waals surface area contributed by atoms with E-state index in [2.05, 4.69) is 5.32 Å². The summed E-state index contributed by atoms with van der Waals surface area (Å²) in [6.07, 6.45) is 0. The zero-order chi connectivity index (χ0) is 15.4. The summed E-state index contributed by atoms with van der Waals surface area (Å²) < 4.78 is 19.5. The Morgan fingerprint density at radius 2 is 1.86 bits per heavy atom. The molecule has 0 saturated carbocycles. The molecule has 1 atom stereocenters. The highest BCUT2D eigenvalue weighted by Gasteiger charge is 2.20. The van der Waals surface area contributed by atoms with E-state index in [1.165, 1.54) is 7.11 Å². The SMILES string of the molecule is CCNC(c1cc(Cl)cc(Cl)c1)c1cccc(OC)c1F. The van der Waals surface area contributed by atoms with Crippen LogP contribution in [0.3, 0.4) is 0 Å². The molecule has 2 aromatic rings. The first-order valence-electron chi connectivity index (χ1n) is 6.58. The van der Waals surface area contributed by atoms with Crippen molar-refractivity contribution >= 4 is 23.2 Å². The molecule has 0 aliphatic carbocycles. The minimum Gasteiger partial charge on any atom is -0.494 e. The Bertz CT molecular complexity index is 613. The summed E-state index contributed by atoms with van der Waals surface area (Å²) in [5, 5.41) is 4.28. The molecule has 0 aliphatic rings. The molecule has 112 valence electrons. The van der Waals surface area contributed by atoms with E-state index >= 15 is 0 Å². The maximum absolute atomic E-state index is 14.5. The van der Waals surface area contributed by atoms with Crippen molar-refractivity contribution in [2.75, 3.05) is 13.7 Å². The van der Waals surface area contributed by atoms with Crippen LogP contribution in [0.2, 0.25) is 10.0 Å². The summed E-state index contributed by atoms with van der Waals surface area (Å²) in [5.41, 5.74) is 1.30. The lowest BCUT2D eigenvalue weighted by atomic mass is 9.97. The van der Waals surface area contributed by atoms with E-state index in [-0.39, 0.29) is 17.6 Å². The van der Waals surface area contributed by atoms with Crippen LogP contribution in [0.4, 0.5) is 4.39 Å². The lowest BCUT2D eigenvalue weighted by molar-refractivity contribution is 0.382. The van der Waals surface area contributed by atoms with Gasteiger partial charge in [-0.05, 0) is 36.4 Å². The predicted molar refractivity (Wildman–Crippen MR) is 84.9 cm³/mol. The molecule has 0 bridgehead atoms. The largest absolute Gasteiger partial charge is 0.494 e. The van der Waals surface area contributed by atoms with Gasteiger partial charge < -0.3 is 10.1 Å². The number of halogens is 3. The van der Waals surface area contributed by atoms with Crippen LogP contribution in [0, 0.1) is 5.82 Å². The Kier molecular flexibility index (Phi) is 5.45. The van der Waals surface area contributed by atoms with Crippen LogP contribution in [-0.2, 0) is 0 Å². The molecule has 2 aromatic carbocycles. The van der Waals surface area contributed by atoms with E-state index in [0.717, 1.165) is 5.56 Å². The van der Waals surface area contributed by atoms with Crippen molar-refractivity contribution in [1.82, 2.24) is 5.32 Å². The number of ether oxygens (including phenoxy) is 1. The van der Waals surface area contributed by atoms with Crippen molar-refractivity contribution < 1.29 is 9.13 Å². The lowest BCUT2D eigenvalue weighted by Gasteiger charge is -2.21. The Hall–Kier alpha value is -1.29. The van der Waals surface area contributed by atoms with E-state index in [4.69, 9.17) is 27.9 Å². The second-order valence-electron chi connectivity index (χ2n) is 4.56. The Balaban J connectivity index is 2.53. The molecular weight excluding hydrogens is 312 g/mol. The highest BCUT2D eigenvalue weighted by atomic mass is 35.5. The Labute approximate surface area is 133 Å². The summed E-state index contributed by atoms with van der Waals surface area (Å²) in [5.74, 6) is -0.175. The van der Waals surface area contributed by atoms with Crippen LogP contribution in [0.15, 0.2) is 36.4 Å². The topological polar surface area (TPSA) is 21.3 Å². The molecule has 0 radical (unpaired) electrons. The van der Waals surface area contributed by atoms with Gasteiger partial charge in [-0.1, -0.05) is 42.3 Å². The molecular formula is C16H16Cl2FNO. The molecule has 0 aromatic heterocycles. The van der Waals surface area contributed by atoms with Crippen molar-refractivity contribution in [3.63, 3.8) is 0 Å². The van der Waals surface area contributed by atoms with E-state index in [0.29, 0.717) is 22.2 Å². The molecule has 0 amide bonds. The minimum atomic E-state index is -0.387. The van der Waals surface area contributed by atoms with E-state index in [1.54, 1.807) is 36.4 Å². The highest BCUT2D eigenvalue weighted by Crippen LogP contribution is 2.32. The van der Waals surface area contributed by atoms with Crippen molar-refractivity contribution in [3.8, 4) is 5.75 Å². The van der Waals surface area contributed by atoms with Gasteiger partial charge in [0.25, 0.3) is 0 Å². The monoisotopic (exact) mass is 327 g/mol.